The summed E-state index contributed by atoms with van der Waals surface area (Å²) in [5, 5.41) is 10.3. The van der Waals surface area contributed by atoms with Gasteiger partial charge in [0.15, 0.2) is 0 Å². The standard InChI is InChI=1S/C13H16O3/c14-9-10(15)12(5-6-12)13(11(9)16,7-1-2-7)8-3-4-8/h7-8,11,16H,1-6H2. The quantitative estimate of drug-likeness (QED) is 0.709. The van der Waals surface area contributed by atoms with Crippen LogP contribution in [0.5, 0.6) is 0 Å². The molecule has 0 heterocycles. The number of aliphatic hydroxyl groups is 1. The zero-order valence-electron chi connectivity index (χ0n) is 9.24. The van der Waals surface area contributed by atoms with E-state index in [1.807, 2.05) is 0 Å². The summed E-state index contributed by atoms with van der Waals surface area (Å²) in [6.07, 6.45) is 5.16. The monoisotopic (exact) mass is 220 g/mol. The summed E-state index contributed by atoms with van der Waals surface area (Å²) in [7, 11) is 0. The Bertz CT molecular complexity index is 387. The van der Waals surface area contributed by atoms with Crippen LogP contribution in [-0.2, 0) is 9.59 Å². The second-order valence-corrected chi connectivity index (χ2v) is 6.16. The minimum atomic E-state index is -0.970. The van der Waals surface area contributed by atoms with Gasteiger partial charge < -0.3 is 5.11 Å². The van der Waals surface area contributed by atoms with Gasteiger partial charge in [0.1, 0.15) is 6.10 Å². The van der Waals surface area contributed by atoms with Crippen molar-refractivity contribution in [1.29, 1.82) is 0 Å². The van der Waals surface area contributed by atoms with Crippen molar-refractivity contribution in [2.45, 2.75) is 44.6 Å². The van der Waals surface area contributed by atoms with Crippen LogP contribution in [-0.4, -0.2) is 22.8 Å². The van der Waals surface area contributed by atoms with Crippen LogP contribution in [0.25, 0.3) is 0 Å². The first-order chi connectivity index (χ1) is 7.64. The van der Waals surface area contributed by atoms with Crippen molar-refractivity contribution < 1.29 is 14.7 Å². The third kappa shape index (κ3) is 0.765. The molecule has 0 saturated heterocycles. The zero-order chi connectivity index (χ0) is 11.1. The van der Waals surface area contributed by atoms with E-state index in [2.05, 4.69) is 0 Å². The van der Waals surface area contributed by atoms with Crippen molar-refractivity contribution >= 4 is 11.6 Å². The molecule has 4 aliphatic rings. The smallest absolute Gasteiger partial charge is 0.227 e. The minimum Gasteiger partial charge on any atom is -0.384 e. The molecule has 4 aliphatic carbocycles. The number of ketones is 2. The molecule has 0 aliphatic heterocycles. The average molecular weight is 220 g/mol. The number of rotatable bonds is 2. The lowest BCUT2D eigenvalue weighted by atomic mass is 9.65. The van der Waals surface area contributed by atoms with Gasteiger partial charge in [-0.15, -0.1) is 0 Å². The molecule has 3 heteroatoms. The maximum atomic E-state index is 12.1. The molecule has 0 radical (unpaired) electrons. The van der Waals surface area contributed by atoms with Gasteiger partial charge >= 0.3 is 0 Å². The molecule has 1 spiro atoms. The van der Waals surface area contributed by atoms with E-state index in [1.54, 1.807) is 0 Å². The molecular weight excluding hydrogens is 204 g/mol. The average Bonchev–Trinajstić information content (AvgIpc) is 3.16. The molecule has 0 bridgehead atoms. The highest BCUT2D eigenvalue weighted by molar-refractivity contribution is 6.44. The van der Waals surface area contributed by atoms with Crippen LogP contribution in [0.15, 0.2) is 0 Å². The molecule has 1 atom stereocenters. The van der Waals surface area contributed by atoms with Gasteiger partial charge in [0.25, 0.3) is 0 Å². The molecular formula is C13H16O3. The summed E-state index contributed by atoms with van der Waals surface area (Å²) in [4.78, 5) is 23.9. The molecule has 1 unspecified atom stereocenters. The van der Waals surface area contributed by atoms with E-state index in [4.69, 9.17) is 0 Å². The van der Waals surface area contributed by atoms with Crippen LogP contribution in [0.4, 0.5) is 0 Å². The first-order valence-corrected chi connectivity index (χ1v) is 6.41. The van der Waals surface area contributed by atoms with Crippen LogP contribution in [0.3, 0.4) is 0 Å². The Hall–Kier alpha value is -0.700. The number of carbonyl (C=O) groups excluding carboxylic acids is 2. The van der Waals surface area contributed by atoms with Crippen LogP contribution in [0, 0.1) is 22.7 Å². The molecule has 86 valence electrons. The zero-order valence-corrected chi connectivity index (χ0v) is 9.24. The Morgan fingerprint density at radius 2 is 1.50 bits per heavy atom. The van der Waals surface area contributed by atoms with Gasteiger partial charge in [-0.25, -0.2) is 0 Å². The highest BCUT2D eigenvalue weighted by atomic mass is 16.3. The van der Waals surface area contributed by atoms with Gasteiger partial charge in [0.05, 0.1) is 0 Å². The Balaban J connectivity index is 1.90. The lowest BCUT2D eigenvalue weighted by Crippen LogP contribution is -2.43. The summed E-state index contributed by atoms with van der Waals surface area (Å²) in [6, 6.07) is 0. The number of Topliss-reactive ketones (excluding diaryl/α,β-unsaturated/α-hetero) is 2. The van der Waals surface area contributed by atoms with Gasteiger partial charge in [0, 0.05) is 10.8 Å². The number of hydrogen-bond donors (Lipinski definition) is 1. The molecule has 4 saturated carbocycles. The van der Waals surface area contributed by atoms with Crippen molar-refractivity contribution in [3.8, 4) is 0 Å². The van der Waals surface area contributed by atoms with Crippen molar-refractivity contribution in [2.75, 3.05) is 0 Å². The normalized spacial score (nSPS) is 39.4. The first-order valence-electron chi connectivity index (χ1n) is 6.41. The second kappa shape index (κ2) is 2.42. The van der Waals surface area contributed by atoms with Crippen molar-refractivity contribution in [2.24, 2.45) is 22.7 Å². The molecule has 1 N–H and O–H groups in total. The largest absolute Gasteiger partial charge is 0.384 e. The Morgan fingerprint density at radius 3 is 1.88 bits per heavy atom. The highest BCUT2D eigenvalue weighted by Crippen LogP contribution is 2.77. The van der Waals surface area contributed by atoms with Gasteiger partial charge in [-0.2, -0.15) is 0 Å². The molecule has 0 aromatic rings. The van der Waals surface area contributed by atoms with Crippen molar-refractivity contribution in [3.63, 3.8) is 0 Å². The topological polar surface area (TPSA) is 54.4 Å². The molecule has 0 aromatic carbocycles. The van der Waals surface area contributed by atoms with E-state index in [9.17, 15) is 14.7 Å². The predicted octanol–water partition coefficient (Wildman–Crippen LogP) is 1.09. The number of hydrogen-bond acceptors (Lipinski definition) is 3. The molecule has 0 aromatic heterocycles. The maximum absolute atomic E-state index is 12.1. The minimum absolute atomic E-state index is 0.237. The van der Waals surface area contributed by atoms with Crippen LogP contribution in [0.2, 0.25) is 0 Å². The number of aliphatic hydroxyl groups excluding tert-OH is 1. The fraction of sp³-hybridized carbons (Fsp3) is 0.846. The summed E-state index contributed by atoms with van der Waals surface area (Å²) in [5.74, 6) is 0.191. The third-order valence-electron chi connectivity index (χ3n) is 5.44. The molecule has 3 nitrogen and oxygen atoms in total. The summed E-state index contributed by atoms with van der Waals surface area (Å²) in [6.45, 7) is 0. The van der Waals surface area contributed by atoms with E-state index in [0.717, 1.165) is 38.5 Å². The maximum Gasteiger partial charge on any atom is 0.227 e. The molecule has 4 fully saturated rings. The molecule has 0 amide bonds. The van der Waals surface area contributed by atoms with Crippen LogP contribution in [0.1, 0.15) is 38.5 Å². The van der Waals surface area contributed by atoms with E-state index < -0.39 is 17.3 Å². The van der Waals surface area contributed by atoms with Crippen LogP contribution >= 0.6 is 0 Å². The summed E-state index contributed by atoms with van der Waals surface area (Å²) >= 11 is 0. The van der Waals surface area contributed by atoms with E-state index in [-0.39, 0.29) is 11.2 Å². The Morgan fingerprint density at radius 1 is 1.00 bits per heavy atom. The van der Waals surface area contributed by atoms with Gasteiger partial charge in [-0.05, 0) is 50.4 Å². The number of carbonyl (C=O) groups is 2. The van der Waals surface area contributed by atoms with Crippen molar-refractivity contribution in [3.05, 3.63) is 0 Å². The fourth-order valence-corrected chi connectivity index (χ4v) is 4.50. The Kier molecular flexibility index (Phi) is 1.42. The van der Waals surface area contributed by atoms with Gasteiger partial charge in [-0.1, -0.05) is 0 Å². The third-order valence-corrected chi connectivity index (χ3v) is 5.44. The lowest BCUT2D eigenvalue weighted by molar-refractivity contribution is -0.139. The first kappa shape index (κ1) is 9.34. The fourth-order valence-electron chi connectivity index (χ4n) is 4.50. The van der Waals surface area contributed by atoms with E-state index >= 15 is 0 Å². The van der Waals surface area contributed by atoms with Crippen molar-refractivity contribution in [1.82, 2.24) is 0 Å². The molecule has 16 heavy (non-hydrogen) atoms. The highest BCUT2D eigenvalue weighted by Gasteiger charge is 2.80. The lowest BCUT2D eigenvalue weighted by Gasteiger charge is -2.37. The predicted molar refractivity (Wildman–Crippen MR) is 55.6 cm³/mol. The van der Waals surface area contributed by atoms with Crippen LogP contribution < -0.4 is 0 Å². The molecule has 4 rings (SSSR count). The Labute approximate surface area is 94.2 Å². The summed E-state index contributed by atoms with van der Waals surface area (Å²) < 4.78 is 0. The summed E-state index contributed by atoms with van der Waals surface area (Å²) in [5.41, 5.74) is -0.729. The second-order valence-electron chi connectivity index (χ2n) is 6.16. The van der Waals surface area contributed by atoms with Gasteiger partial charge in [-0.3, -0.25) is 9.59 Å². The van der Waals surface area contributed by atoms with E-state index in [1.165, 1.54) is 0 Å². The SMILES string of the molecule is O=C1C(=O)C2(CC2)C(C2CC2)(C2CC2)C1O. The van der Waals surface area contributed by atoms with E-state index in [0.29, 0.717) is 11.8 Å². The van der Waals surface area contributed by atoms with Gasteiger partial charge in [0.2, 0.25) is 11.6 Å².